The maximum Gasteiger partial charge on any atom is 0.0542 e. The van der Waals surface area contributed by atoms with Crippen LogP contribution in [0, 0.1) is 3.57 Å². The topological polar surface area (TPSA) is 12.0 Å². The van der Waals surface area contributed by atoms with Crippen LogP contribution < -0.4 is 5.32 Å². The molecule has 82 valence electrons. The molecule has 1 unspecified atom stereocenters. The van der Waals surface area contributed by atoms with Crippen molar-refractivity contribution in [2.75, 3.05) is 7.05 Å². The van der Waals surface area contributed by atoms with E-state index in [1.165, 1.54) is 11.1 Å². The normalized spacial score (nSPS) is 12.3. The fraction of sp³-hybridized carbons (Fsp3) is 0.333. The highest BCUT2D eigenvalue weighted by Crippen LogP contribution is 2.24. The van der Waals surface area contributed by atoms with E-state index in [9.17, 15) is 0 Å². The maximum absolute atomic E-state index is 6.10. The van der Waals surface area contributed by atoms with Crippen LogP contribution in [0.15, 0.2) is 29.8 Å². The number of halogens is 2. The number of likely N-dealkylation sites (N-methyl/N-ethyl adjacent to an activating group) is 1. The Morgan fingerprint density at radius 2 is 2.13 bits per heavy atom. The predicted octanol–water partition coefficient (Wildman–Crippen LogP) is 4.17. The molecule has 0 aliphatic rings. The summed E-state index contributed by atoms with van der Waals surface area (Å²) in [6.07, 6.45) is 2.19. The Morgan fingerprint density at radius 1 is 1.47 bits per heavy atom. The van der Waals surface area contributed by atoms with E-state index in [2.05, 4.69) is 53.9 Å². The molecule has 0 saturated heterocycles. The Bertz CT molecular complexity index is 370. The summed E-state index contributed by atoms with van der Waals surface area (Å²) >= 11 is 8.33. The van der Waals surface area contributed by atoms with Gasteiger partial charge in [0.05, 0.1) is 11.1 Å². The van der Waals surface area contributed by atoms with Crippen LogP contribution in [-0.4, -0.2) is 7.05 Å². The molecule has 0 radical (unpaired) electrons. The van der Waals surface area contributed by atoms with E-state index in [-0.39, 0.29) is 6.04 Å². The Balaban J connectivity index is 3.03. The standard InChI is InChI=1S/C12H15ClIN/c1-8(2)6-12(15-3)9-4-5-11(14)10(13)7-9/h4-7,12,15H,1-3H3. The van der Waals surface area contributed by atoms with E-state index in [1.54, 1.807) is 0 Å². The second-order valence-electron chi connectivity index (χ2n) is 3.68. The van der Waals surface area contributed by atoms with Gasteiger partial charge in [-0.1, -0.05) is 29.3 Å². The van der Waals surface area contributed by atoms with Gasteiger partial charge in [-0.3, -0.25) is 0 Å². The lowest BCUT2D eigenvalue weighted by atomic mass is 10.1. The molecule has 0 fully saturated rings. The molecular weight excluding hydrogens is 320 g/mol. The zero-order valence-electron chi connectivity index (χ0n) is 9.14. The zero-order valence-corrected chi connectivity index (χ0v) is 12.1. The monoisotopic (exact) mass is 335 g/mol. The highest BCUT2D eigenvalue weighted by Gasteiger charge is 2.07. The molecule has 1 aromatic rings. The number of hydrogen-bond donors (Lipinski definition) is 1. The summed E-state index contributed by atoms with van der Waals surface area (Å²) < 4.78 is 1.09. The Hall–Kier alpha value is -0.0600. The summed E-state index contributed by atoms with van der Waals surface area (Å²) in [6, 6.07) is 6.41. The van der Waals surface area contributed by atoms with Gasteiger partial charge in [0.2, 0.25) is 0 Å². The van der Waals surface area contributed by atoms with Gasteiger partial charge in [-0.05, 0) is 61.2 Å². The van der Waals surface area contributed by atoms with E-state index in [1.807, 2.05) is 19.2 Å². The Labute approximate surface area is 110 Å². The molecule has 0 bridgehead atoms. The molecule has 1 nitrogen and oxygen atoms in total. The van der Waals surface area contributed by atoms with Crippen molar-refractivity contribution in [2.45, 2.75) is 19.9 Å². The molecule has 0 aliphatic carbocycles. The molecule has 0 saturated carbocycles. The van der Waals surface area contributed by atoms with Gasteiger partial charge >= 0.3 is 0 Å². The molecule has 1 aromatic carbocycles. The van der Waals surface area contributed by atoms with Gasteiger partial charge in [0, 0.05) is 3.57 Å². The van der Waals surface area contributed by atoms with Crippen molar-refractivity contribution >= 4 is 34.2 Å². The Kier molecular flexibility index (Phi) is 5.09. The maximum atomic E-state index is 6.10. The number of rotatable bonds is 3. The summed E-state index contributed by atoms with van der Waals surface area (Å²) in [6.45, 7) is 4.19. The summed E-state index contributed by atoms with van der Waals surface area (Å²) in [4.78, 5) is 0. The quantitative estimate of drug-likeness (QED) is 0.646. The molecule has 0 spiro atoms. The van der Waals surface area contributed by atoms with Gasteiger partial charge in [0.1, 0.15) is 0 Å². The van der Waals surface area contributed by atoms with Crippen molar-refractivity contribution in [3.05, 3.63) is 44.0 Å². The third-order valence-electron chi connectivity index (χ3n) is 2.11. The van der Waals surface area contributed by atoms with Crippen molar-refractivity contribution < 1.29 is 0 Å². The predicted molar refractivity (Wildman–Crippen MR) is 75.4 cm³/mol. The summed E-state index contributed by atoms with van der Waals surface area (Å²) in [5.74, 6) is 0. The van der Waals surface area contributed by atoms with Crippen molar-refractivity contribution in [1.82, 2.24) is 5.32 Å². The first-order valence-electron chi connectivity index (χ1n) is 4.82. The second kappa shape index (κ2) is 5.87. The van der Waals surface area contributed by atoms with E-state index < -0.39 is 0 Å². The molecule has 0 amide bonds. The van der Waals surface area contributed by atoms with Gasteiger partial charge in [0.25, 0.3) is 0 Å². The van der Waals surface area contributed by atoms with Crippen LogP contribution in [0.25, 0.3) is 0 Å². The number of benzene rings is 1. The van der Waals surface area contributed by atoms with Crippen LogP contribution in [0.3, 0.4) is 0 Å². The van der Waals surface area contributed by atoms with Crippen LogP contribution >= 0.6 is 34.2 Å². The molecule has 0 aromatic heterocycles. The lowest BCUT2D eigenvalue weighted by Gasteiger charge is -2.13. The van der Waals surface area contributed by atoms with Crippen molar-refractivity contribution in [3.63, 3.8) is 0 Å². The molecule has 3 heteroatoms. The van der Waals surface area contributed by atoms with Crippen LogP contribution in [0.2, 0.25) is 5.02 Å². The van der Waals surface area contributed by atoms with E-state index in [4.69, 9.17) is 11.6 Å². The number of nitrogens with one attached hydrogen (secondary N) is 1. The average Bonchev–Trinajstić information content (AvgIpc) is 2.18. The van der Waals surface area contributed by atoms with Gasteiger partial charge in [-0.15, -0.1) is 0 Å². The fourth-order valence-corrected chi connectivity index (χ4v) is 1.91. The summed E-state index contributed by atoms with van der Waals surface area (Å²) in [5.41, 5.74) is 2.49. The minimum Gasteiger partial charge on any atom is -0.310 e. The minimum atomic E-state index is 0.240. The largest absolute Gasteiger partial charge is 0.310 e. The van der Waals surface area contributed by atoms with Crippen molar-refractivity contribution in [3.8, 4) is 0 Å². The van der Waals surface area contributed by atoms with Gasteiger partial charge in [-0.2, -0.15) is 0 Å². The van der Waals surface area contributed by atoms with Crippen molar-refractivity contribution in [2.24, 2.45) is 0 Å². The lowest BCUT2D eigenvalue weighted by Crippen LogP contribution is -2.14. The lowest BCUT2D eigenvalue weighted by molar-refractivity contribution is 0.710. The van der Waals surface area contributed by atoms with Crippen LogP contribution in [-0.2, 0) is 0 Å². The molecular formula is C12H15ClIN. The zero-order chi connectivity index (χ0) is 11.4. The van der Waals surface area contributed by atoms with Crippen LogP contribution in [0.5, 0.6) is 0 Å². The first-order valence-corrected chi connectivity index (χ1v) is 6.27. The van der Waals surface area contributed by atoms with Crippen LogP contribution in [0.1, 0.15) is 25.5 Å². The van der Waals surface area contributed by atoms with E-state index in [0.717, 1.165) is 8.59 Å². The number of allylic oxidation sites excluding steroid dienone is 1. The van der Waals surface area contributed by atoms with Crippen LogP contribution in [0.4, 0.5) is 0 Å². The van der Waals surface area contributed by atoms with Crippen molar-refractivity contribution in [1.29, 1.82) is 0 Å². The van der Waals surface area contributed by atoms with Gasteiger partial charge in [-0.25, -0.2) is 0 Å². The smallest absolute Gasteiger partial charge is 0.0542 e. The molecule has 0 heterocycles. The highest BCUT2D eigenvalue weighted by atomic mass is 127. The molecule has 0 aliphatic heterocycles. The highest BCUT2D eigenvalue weighted by molar-refractivity contribution is 14.1. The fourth-order valence-electron chi connectivity index (χ4n) is 1.39. The minimum absolute atomic E-state index is 0.240. The third-order valence-corrected chi connectivity index (χ3v) is 3.69. The molecule has 15 heavy (non-hydrogen) atoms. The van der Waals surface area contributed by atoms with Gasteiger partial charge in [0.15, 0.2) is 0 Å². The number of hydrogen-bond acceptors (Lipinski definition) is 1. The van der Waals surface area contributed by atoms with E-state index in [0.29, 0.717) is 0 Å². The Morgan fingerprint density at radius 3 is 2.60 bits per heavy atom. The third kappa shape index (κ3) is 3.78. The molecule has 1 N–H and O–H groups in total. The molecule has 1 atom stereocenters. The van der Waals surface area contributed by atoms with E-state index >= 15 is 0 Å². The van der Waals surface area contributed by atoms with Gasteiger partial charge < -0.3 is 5.32 Å². The first kappa shape index (κ1) is 13.0. The summed E-state index contributed by atoms with van der Waals surface area (Å²) in [7, 11) is 1.95. The summed E-state index contributed by atoms with van der Waals surface area (Å²) in [5, 5.41) is 4.07. The first-order chi connectivity index (χ1) is 7.04. The SMILES string of the molecule is CNC(C=C(C)C)c1ccc(I)c(Cl)c1. The molecule has 1 rings (SSSR count). The second-order valence-corrected chi connectivity index (χ2v) is 5.25. The average molecular weight is 336 g/mol.